The minimum Gasteiger partial charge on any atom is -0.507 e. The standard InChI is InChI=1S/C37H48BNO9/c1-31(2)10-12-36(20-38-47-30(46)37(48-38,17-26(41)42)18-27(43)44)13-11-35(7)28(22(36)16-31)23(40)14-25-33(5)15-21(19-39)29(45)32(3,4)24(33)8-9-34(25,35)6/h14-15,22,24,28H,8-13,16-18,20H2,1-7H3,(H,41,42)(H,43,44)/t22?,24-,28-,33-,34+,35+,36+/m0/s1. The number of carbonyl (C=O) groups is 5. The molecule has 0 aromatic heterocycles. The van der Waals surface area contributed by atoms with Gasteiger partial charge in [0.05, 0.1) is 18.4 Å². The zero-order chi connectivity index (χ0) is 35.5. The molecule has 1 heterocycles. The molecule has 0 radical (unpaired) electrons. The third-order valence-electron chi connectivity index (χ3n) is 14.5. The van der Waals surface area contributed by atoms with Gasteiger partial charge in [0.1, 0.15) is 6.07 Å². The van der Waals surface area contributed by atoms with E-state index in [2.05, 4.69) is 40.7 Å². The van der Waals surface area contributed by atoms with Crippen molar-refractivity contribution in [2.75, 3.05) is 0 Å². The smallest absolute Gasteiger partial charge is 0.507 e. The van der Waals surface area contributed by atoms with E-state index in [1.807, 2.05) is 26.0 Å². The number of allylic oxidation sites excluding steroid dienone is 4. The molecule has 0 amide bonds. The number of ketones is 2. The Morgan fingerprint density at radius 3 is 2.19 bits per heavy atom. The minimum atomic E-state index is -2.10. The van der Waals surface area contributed by atoms with Crippen LogP contribution in [-0.4, -0.2) is 52.4 Å². The van der Waals surface area contributed by atoms with Crippen LogP contribution < -0.4 is 0 Å². The van der Waals surface area contributed by atoms with E-state index < -0.39 is 65.1 Å². The average Bonchev–Trinajstić information content (AvgIpc) is 3.24. The molecule has 0 aromatic rings. The first-order valence-electron chi connectivity index (χ1n) is 17.4. The van der Waals surface area contributed by atoms with Crippen LogP contribution in [0.1, 0.15) is 106 Å². The first-order chi connectivity index (χ1) is 22.1. The van der Waals surface area contributed by atoms with E-state index in [1.54, 1.807) is 0 Å². The highest BCUT2D eigenvalue weighted by molar-refractivity contribution is 6.49. The lowest BCUT2D eigenvalue weighted by molar-refractivity contribution is -0.169. The van der Waals surface area contributed by atoms with E-state index in [0.717, 1.165) is 50.5 Å². The van der Waals surface area contributed by atoms with Crippen molar-refractivity contribution >= 4 is 36.6 Å². The zero-order valence-electron chi connectivity index (χ0n) is 29.2. The van der Waals surface area contributed by atoms with Gasteiger partial charge in [-0.3, -0.25) is 24.0 Å². The Morgan fingerprint density at radius 1 is 0.958 bits per heavy atom. The van der Waals surface area contributed by atoms with Crippen LogP contribution in [0.3, 0.4) is 0 Å². The Labute approximate surface area is 282 Å². The van der Waals surface area contributed by atoms with Crippen LogP contribution in [0.4, 0.5) is 0 Å². The van der Waals surface area contributed by atoms with Crippen LogP contribution in [-0.2, 0) is 33.3 Å². The second-order valence-corrected chi connectivity index (χ2v) is 17.9. The Bertz CT molecular complexity index is 1600. The summed E-state index contributed by atoms with van der Waals surface area (Å²) in [6.45, 7) is 14.9. The van der Waals surface area contributed by atoms with Crippen LogP contribution in [0.5, 0.6) is 0 Å². The molecule has 48 heavy (non-hydrogen) atoms. The Kier molecular flexibility index (Phi) is 7.66. The quantitative estimate of drug-likeness (QED) is 0.324. The summed E-state index contributed by atoms with van der Waals surface area (Å²) in [6, 6.07) is 2.15. The molecule has 7 atom stereocenters. The number of carboxylic acid groups (broad SMARTS) is 2. The van der Waals surface area contributed by atoms with Crippen LogP contribution >= 0.6 is 0 Å². The third kappa shape index (κ3) is 4.71. The first-order valence-corrected chi connectivity index (χ1v) is 17.4. The van der Waals surface area contributed by atoms with Crippen molar-refractivity contribution in [1.29, 1.82) is 5.26 Å². The summed E-state index contributed by atoms with van der Waals surface area (Å²) in [7, 11) is -1.12. The fourth-order valence-corrected chi connectivity index (χ4v) is 11.8. The lowest BCUT2D eigenvalue weighted by Crippen LogP contribution is -2.65. The number of fused-ring (bicyclic) bond motifs is 7. The lowest BCUT2D eigenvalue weighted by atomic mass is 9.33. The highest BCUT2D eigenvalue weighted by Gasteiger charge is 2.70. The monoisotopic (exact) mass is 661 g/mol. The predicted octanol–water partition coefficient (Wildman–Crippen LogP) is 5.96. The van der Waals surface area contributed by atoms with Gasteiger partial charge in [0.15, 0.2) is 17.2 Å². The number of hydrogen-bond donors (Lipinski definition) is 2. The molecule has 6 rings (SSSR count). The Balaban J connectivity index is 1.41. The van der Waals surface area contributed by atoms with Gasteiger partial charge in [-0.05, 0) is 84.5 Å². The van der Waals surface area contributed by atoms with Crippen LogP contribution in [0.2, 0.25) is 6.32 Å². The molecule has 2 N–H and O–H groups in total. The van der Waals surface area contributed by atoms with Gasteiger partial charge in [0.2, 0.25) is 0 Å². The second kappa shape index (κ2) is 10.6. The fourth-order valence-electron chi connectivity index (χ4n) is 11.8. The van der Waals surface area contributed by atoms with E-state index in [1.165, 1.54) is 0 Å². The number of hydrogen-bond acceptors (Lipinski definition) is 8. The second-order valence-electron chi connectivity index (χ2n) is 17.9. The average molecular weight is 662 g/mol. The Hall–Kier alpha value is -3.26. The van der Waals surface area contributed by atoms with Crippen molar-refractivity contribution in [1.82, 2.24) is 0 Å². The van der Waals surface area contributed by atoms with Gasteiger partial charge in [0.25, 0.3) is 0 Å². The number of carboxylic acids is 2. The van der Waals surface area contributed by atoms with E-state index in [-0.39, 0.29) is 52.0 Å². The summed E-state index contributed by atoms with van der Waals surface area (Å²) in [6.07, 6.45) is 7.82. The Morgan fingerprint density at radius 2 is 1.58 bits per heavy atom. The number of nitrogens with zero attached hydrogens (tertiary/aromatic N) is 1. The molecule has 3 saturated carbocycles. The molecule has 258 valence electrons. The molecule has 1 aliphatic heterocycles. The van der Waals surface area contributed by atoms with Crippen molar-refractivity contribution < 1.29 is 43.5 Å². The lowest BCUT2D eigenvalue weighted by Gasteiger charge is -2.69. The topological polar surface area (TPSA) is 168 Å². The summed E-state index contributed by atoms with van der Waals surface area (Å²) in [5, 5.41) is 29.0. The fraction of sp³-hybridized carbons (Fsp3) is 0.730. The van der Waals surface area contributed by atoms with Crippen LogP contribution in [0.25, 0.3) is 0 Å². The maximum Gasteiger partial charge on any atom is 0.528 e. The van der Waals surface area contributed by atoms with Crippen molar-refractivity contribution in [2.24, 2.45) is 50.2 Å². The molecule has 11 heteroatoms. The molecular weight excluding hydrogens is 613 g/mol. The summed E-state index contributed by atoms with van der Waals surface area (Å²) < 4.78 is 11.7. The molecule has 10 nitrogen and oxygen atoms in total. The molecule has 6 aliphatic rings. The predicted molar refractivity (Wildman–Crippen MR) is 174 cm³/mol. The molecule has 1 unspecified atom stereocenters. The van der Waals surface area contributed by atoms with Crippen LogP contribution in [0.15, 0.2) is 23.3 Å². The van der Waals surface area contributed by atoms with E-state index in [0.29, 0.717) is 0 Å². The summed E-state index contributed by atoms with van der Waals surface area (Å²) in [5.41, 5.74) is -3.62. The number of carbonyl (C=O) groups excluding carboxylic acids is 3. The van der Waals surface area contributed by atoms with Gasteiger partial charge in [-0.15, -0.1) is 0 Å². The van der Waals surface area contributed by atoms with Gasteiger partial charge >= 0.3 is 25.0 Å². The molecule has 0 spiro atoms. The van der Waals surface area contributed by atoms with Crippen molar-refractivity contribution in [3.05, 3.63) is 23.3 Å². The number of rotatable bonds is 6. The van der Waals surface area contributed by atoms with Gasteiger partial charge in [-0.2, -0.15) is 5.26 Å². The van der Waals surface area contributed by atoms with Gasteiger partial charge in [0, 0.05) is 23.1 Å². The van der Waals surface area contributed by atoms with Crippen molar-refractivity contribution in [2.45, 2.75) is 118 Å². The summed E-state index contributed by atoms with van der Waals surface area (Å²) in [5.74, 6) is -4.24. The molecular formula is C37H48BNO9. The highest BCUT2D eigenvalue weighted by Crippen LogP contribution is 2.75. The van der Waals surface area contributed by atoms with E-state index in [4.69, 9.17) is 9.31 Å². The summed E-state index contributed by atoms with van der Waals surface area (Å²) in [4.78, 5) is 64.6. The first kappa shape index (κ1) is 34.6. The third-order valence-corrected chi connectivity index (χ3v) is 14.5. The van der Waals surface area contributed by atoms with Crippen molar-refractivity contribution in [3.8, 4) is 6.07 Å². The SMILES string of the molecule is CC1(C)CC[C@]2(CB3OC(=O)C(CC(=O)O)(CC(=O)O)O3)CC[C@]3(C)[C@H](C(=O)C=C4[C@@]5(C)C=C(C#N)C(=O)C(C)(C)[C@@H]5CC[C@]43C)C2C1. The largest absolute Gasteiger partial charge is 0.528 e. The van der Waals surface area contributed by atoms with Crippen molar-refractivity contribution in [3.63, 3.8) is 0 Å². The normalized spacial score (nSPS) is 40.6. The molecule has 0 bridgehead atoms. The molecule has 5 aliphatic carbocycles. The maximum absolute atomic E-state index is 14.8. The van der Waals surface area contributed by atoms with Gasteiger partial charge in [-0.1, -0.05) is 60.1 Å². The van der Waals surface area contributed by atoms with E-state index in [9.17, 15) is 39.4 Å². The molecule has 1 saturated heterocycles. The maximum atomic E-state index is 14.8. The van der Waals surface area contributed by atoms with Gasteiger partial charge in [-0.25, -0.2) is 0 Å². The molecule has 0 aromatic carbocycles. The van der Waals surface area contributed by atoms with Gasteiger partial charge < -0.3 is 19.5 Å². The minimum absolute atomic E-state index is 0.0516. The van der Waals surface area contributed by atoms with Crippen LogP contribution in [0, 0.1) is 61.6 Å². The zero-order valence-corrected chi connectivity index (χ0v) is 29.2. The number of Topliss-reactive ketones (excluding diaryl/α,β-unsaturated/α-hetero) is 1. The molecule has 4 fully saturated rings. The summed E-state index contributed by atoms with van der Waals surface area (Å²) >= 11 is 0. The van der Waals surface area contributed by atoms with E-state index >= 15 is 0 Å². The number of aliphatic carboxylic acids is 2. The highest BCUT2D eigenvalue weighted by atomic mass is 16.7. The number of nitriles is 1.